The fourth-order valence-corrected chi connectivity index (χ4v) is 1.23. The van der Waals surface area contributed by atoms with Gasteiger partial charge in [-0.3, -0.25) is 4.79 Å². The normalized spacial score (nSPS) is 11.6. The smallest absolute Gasteiger partial charge is 0.320 e. The van der Waals surface area contributed by atoms with Gasteiger partial charge in [0.1, 0.15) is 11.8 Å². The van der Waals surface area contributed by atoms with E-state index in [4.69, 9.17) is 15.9 Å². The Morgan fingerprint density at radius 2 is 2.13 bits per heavy atom. The lowest BCUT2D eigenvalue weighted by atomic mass is 10.0. The number of halogens is 1. The number of rotatable bonds is 3. The van der Waals surface area contributed by atoms with Crippen LogP contribution in [0.1, 0.15) is 11.1 Å². The van der Waals surface area contributed by atoms with Gasteiger partial charge in [0.05, 0.1) is 0 Å². The lowest BCUT2D eigenvalue weighted by Gasteiger charge is -2.09. The van der Waals surface area contributed by atoms with E-state index in [9.17, 15) is 4.79 Å². The maximum atomic E-state index is 10.5. The van der Waals surface area contributed by atoms with Crippen molar-refractivity contribution in [3.8, 4) is 5.75 Å². The van der Waals surface area contributed by atoms with E-state index < -0.39 is 12.0 Å². The van der Waals surface area contributed by atoms with Crippen molar-refractivity contribution < 1.29 is 15.0 Å². The summed E-state index contributed by atoms with van der Waals surface area (Å²) in [5.74, 6) is -0.840. The predicted octanol–water partition coefficient (Wildman–Crippen LogP) is 1.08. The second-order valence-corrected chi connectivity index (χ2v) is 3.26. The molecule has 0 bridgehead atoms. The number of phenolic OH excluding ortho intramolecular Hbond substituents is 1. The zero-order valence-corrected chi connectivity index (χ0v) is 9.12. The minimum atomic E-state index is -1.02. The summed E-state index contributed by atoms with van der Waals surface area (Å²) in [4.78, 5) is 10.5. The van der Waals surface area contributed by atoms with Crippen LogP contribution in [0.15, 0.2) is 18.2 Å². The molecule has 0 saturated heterocycles. The van der Waals surface area contributed by atoms with Crippen molar-refractivity contribution >= 4 is 18.4 Å². The Labute approximate surface area is 94.1 Å². The van der Waals surface area contributed by atoms with Gasteiger partial charge in [0.25, 0.3) is 0 Å². The van der Waals surface area contributed by atoms with Crippen molar-refractivity contribution in [3.05, 3.63) is 29.3 Å². The molecule has 1 unspecified atom stereocenters. The van der Waals surface area contributed by atoms with Gasteiger partial charge in [0, 0.05) is 0 Å². The molecular formula is C10H14ClNO3. The minimum Gasteiger partial charge on any atom is -0.508 e. The number of aliphatic carboxylic acids is 1. The van der Waals surface area contributed by atoms with Crippen LogP contribution in [0.25, 0.3) is 0 Å². The van der Waals surface area contributed by atoms with Crippen LogP contribution >= 0.6 is 12.4 Å². The van der Waals surface area contributed by atoms with E-state index in [-0.39, 0.29) is 24.6 Å². The van der Waals surface area contributed by atoms with Gasteiger partial charge in [-0.2, -0.15) is 0 Å². The molecular weight excluding hydrogens is 218 g/mol. The fourth-order valence-electron chi connectivity index (χ4n) is 1.23. The summed E-state index contributed by atoms with van der Waals surface area (Å²) in [5.41, 5.74) is 7.09. The summed E-state index contributed by atoms with van der Waals surface area (Å²) < 4.78 is 0. The third-order valence-corrected chi connectivity index (χ3v) is 2.08. The molecule has 4 N–H and O–H groups in total. The first-order valence-electron chi connectivity index (χ1n) is 4.27. The maximum Gasteiger partial charge on any atom is 0.320 e. The fraction of sp³-hybridized carbons (Fsp3) is 0.300. The Morgan fingerprint density at radius 1 is 1.53 bits per heavy atom. The molecule has 0 spiro atoms. The van der Waals surface area contributed by atoms with Gasteiger partial charge in [-0.1, -0.05) is 6.07 Å². The number of nitrogens with two attached hydrogens (primary N) is 1. The van der Waals surface area contributed by atoms with Gasteiger partial charge in [-0.15, -0.1) is 12.4 Å². The second kappa shape index (κ2) is 5.58. The highest BCUT2D eigenvalue weighted by atomic mass is 35.5. The van der Waals surface area contributed by atoms with Gasteiger partial charge in [-0.05, 0) is 36.6 Å². The van der Waals surface area contributed by atoms with Crippen LogP contribution in [0.3, 0.4) is 0 Å². The number of hydrogen-bond donors (Lipinski definition) is 3. The molecule has 1 aromatic carbocycles. The molecule has 1 atom stereocenters. The largest absolute Gasteiger partial charge is 0.508 e. The molecule has 0 heterocycles. The second-order valence-electron chi connectivity index (χ2n) is 3.26. The standard InChI is InChI=1S/C10H13NO3.ClH/c1-6-4-8(12)3-2-7(6)5-9(11)10(13)14;/h2-4,9,12H,5,11H2,1H3,(H,13,14);1H. The van der Waals surface area contributed by atoms with Crippen molar-refractivity contribution in [2.24, 2.45) is 5.73 Å². The van der Waals surface area contributed by atoms with Gasteiger partial charge < -0.3 is 15.9 Å². The molecule has 0 radical (unpaired) electrons. The number of carboxylic acid groups (broad SMARTS) is 1. The summed E-state index contributed by atoms with van der Waals surface area (Å²) in [6.45, 7) is 1.81. The number of phenols is 1. The highest BCUT2D eigenvalue weighted by Gasteiger charge is 2.13. The van der Waals surface area contributed by atoms with E-state index in [0.717, 1.165) is 11.1 Å². The monoisotopic (exact) mass is 231 g/mol. The molecule has 1 aromatic rings. The van der Waals surface area contributed by atoms with Crippen LogP contribution in [0.2, 0.25) is 0 Å². The van der Waals surface area contributed by atoms with Gasteiger partial charge in [-0.25, -0.2) is 0 Å². The first kappa shape index (κ1) is 13.7. The van der Waals surface area contributed by atoms with Crippen molar-refractivity contribution in [1.29, 1.82) is 0 Å². The zero-order chi connectivity index (χ0) is 10.7. The molecule has 84 valence electrons. The molecule has 0 aliphatic carbocycles. The number of hydrogen-bond acceptors (Lipinski definition) is 3. The summed E-state index contributed by atoms with van der Waals surface area (Å²) in [6.07, 6.45) is 0.279. The summed E-state index contributed by atoms with van der Waals surface area (Å²) >= 11 is 0. The SMILES string of the molecule is Cc1cc(O)ccc1CC(N)C(=O)O.Cl. The first-order chi connectivity index (χ1) is 6.50. The van der Waals surface area contributed by atoms with Crippen molar-refractivity contribution in [1.82, 2.24) is 0 Å². The topological polar surface area (TPSA) is 83.5 Å². The molecule has 0 aliphatic heterocycles. The maximum absolute atomic E-state index is 10.5. The molecule has 0 saturated carbocycles. The summed E-state index contributed by atoms with van der Waals surface area (Å²) in [5, 5.41) is 17.7. The average Bonchev–Trinajstić information content (AvgIpc) is 2.09. The number of benzene rings is 1. The molecule has 0 aromatic heterocycles. The Hall–Kier alpha value is -1.26. The van der Waals surface area contributed by atoms with E-state index >= 15 is 0 Å². The van der Waals surface area contributed by atoms with Crippen LogP contribution in [-0.2, 0) is 11.2 Å². The third kappa shape index (κ3) is 3.77. The molecule has 5 heteroatoms. The van der Waals surface area contributed by atoms with E-state index in [0.29, 0.717) is 0 Å². The van der Waals surface area contributed by atoms with E-state index in [2.05, 4.69) is 0 Å². The first-order valence-corrected chi connectivity index (χ1v) is 4.27. The van der Waals surface area contributed by atoms with Crippen molar-refractivity contribution in [2.75, 3.05) is 0 Å². The number of carbonyl (C=O) groups is 1. The van der Waals surface area contributed by atoms with Crippen LogP contribution in [-0.4, -0.2) is 22.2 Å². The highest BCUT2D eigenvalue weighted by Crippen LogP contribution is 2.16. The molecule has 1 rings (SSSR count). The number of carboxylic acids is 1. The Morgan fingerprint density at radius 3 is 2.60 bits per heavy atom. The molecule has 0 aliphatic rings. The van der Waals surface area contributed by atoms with E-state index in [1.165, 1.54) is 6.07 Å². The molecule has 15 heavy (non-hydrogen) atoms. The van der Waals surface area contributed by atoms with Crippen LogP contribution in [0.5, 0.6) is 5.75 Å². The van der Waals surface area contributed by atoms with Crippen LogP contribution in [0, 0.1) is 6.92 Å². The lowest BCUT2D eigenvalue weighted by molar-refractivity contribution is -0.138. The Kier molecular flexibility index (Phi) is 5.11. The quantitative estimate of drug-likeness (QED) is 0.727. The van der Waals surface area contributed by atoms with Gasteiger partial charge in [0.15, 0.2) is 0 Å². The van der Waals surface area contributed by atoms with E-state index in [1.54, 1.807) is 12.1 Å². The zero-order valence-electron chi connectivity index (χ0n) is 8.30. The Bertz CT molecular complexity index is 355. The number of aromatic hydroxyl groups is 1. The summed E-state index contributed by atoms with van der Waals surface area (Å²) in [7, 11) is 0. The number of aryl methyl sites for hydroxylation is 1. The average molecular weight is 232 g/mol. The molecule has 4 nitrogen and oxygen atoms in total. The van der Waals surface area contributed by atoms with Gasteiger partial charge in [0.2, 0.25) is 0 Å². The van der Waals surface area contributed by atoms with Crippen LogP contribution in [0.4, 0.5) is 0 Å². The van der Waals surface area contributed by atoms with Crippen LogP contribution < -0.4 is 5.73 Å². The van der Waals surface area contributed by atoms with Crippen molar-refractivity contribution in [2.45, 2.75) is 19.4 Å². The third-order valence-electron chi connectivity index (χ3n) is 2.08. The summed E-state index contributed by atoms with van der Waals surface area (Å²) in [6, 6.07) is 3.91. The Balaban J connectivity index is 0.00000196. The van der Waals surface area contributed by atoms with E-state index in [1.807, 2.05) is 6.92 Å². The molecule has 0 fully saturated rings. The lowest BCUT2D eigenvalue weighted by Crippen LogP contribution is -2.32. The van der Waals surface area contributed by atoms with Crippen molar-refractivity contribution in [3.63, 3.8) is 0 Å². The predicted molar refractivity (Wildman–Crippen MR) is 59.4 cm³/mol. The molecule has 0 amide bonds. The van der Waals surface area contributed by atoms with Gasteiger partial charge >= 0.3 is 5.97 Å². The minimum absolute atomic E-state index is 0. The highest BCUT2D eigenvalue weighted by molar-refractivity contribution is 5.85.